The average molecular weight is 535 g/mol. The summed E-state index contributed by atoms with van der Waals surface area (Å²) in [4.78, 5) is 24.1. The Kier molecular flexibility index (Phi) is 7.63. The van der Waals surface area contributed by atoms with Gasteiger partial charge in [-0.3, -0.25) is 14.3 Å². The van der Waals surface area contributed by atoms with Gasteiger partial charge in [-0.15, -0.1) is 0 Å². The second-order valence-corrected chi connectivity index (χ2v) is 11.6. The Balaban J connectivity index is 1.52. The molecule has 8 nitrogen and oxygen atoms in total. The van der Waals surface area contributed by atoms with E-state index in [9.17, 15) is 14.9 Å². The molecule has 198 valence electrons. The SMILES string of the molecule is CC1(C)CC(CC(=O)c2ccc(Oc3cccc(-c4cnn(CC(=O)O)c4)c3C#N)c(Cl)c2)CC(C)(C)N1. The van der Waals surface area contributed by atoms with Crippen LogP contribution in [-0.4, -0.2) is 37.7 Å². The minimum Gasteiger partial charge on any atom is -0.480 e. The van der Waals surface area contributed by atoms with Gasteiger partial charge >= 0.3 is 5.97 Å². The first-order chi connectivity index (χ1) is 17.9. The first-order valence-electron chi connectivity index (χ1n) is 12.4. The van der Waals surface area contributed by atoms with Crippen LogP contribution in [0.4, 0.5) is 0 Å². The third-order valence-corrected chi connectivity index (χ3v) is 6.90. The molecule has 0 spiro atoms. The van der Waals surface area contributed by atoms with Gasteiger partial charge in [0, 0.05) is 40.4 Å². The van der Waals surface area contributed by atoms with Crippen LogP contribution in [0.1, 0.15) is 62.9 Å². The molecular formula is C29H31ClN4O4. The number of hydrogen-bond acceptors (Lipinski definition) is 6. The van der Waals surface area contributed by atoms with E-state index in [1.165, 1.54) is 10.9 Å². The van der Waals surface area contributed by atoms with Gasteiger partial charge in [0.25, 0.3) is 0 Å². The van der Waals surface area contributed by atoms with Crippen molar-refractivity contribution in [2.45, 2.75) is 64.6 Å². The summed E-state index contributed by atoms with van der Waals surface area (Å²) in [5.74, 6) is -0.102. The Labute approximate surface area is 227 Å². The summed E-state index contributed by atoms with van der Waals surface area (Å²) in [6, 6.07) is 12.2. The van der Waals surface area contributed by atoms with E-state index in [-0.39, 0.29) is 45.7 Å². The summed E-state index contributed by atoms with van der Waals surface area (Å²) >= 11 is 6.52. The topological polar surface area (TPSA) is 117 Å². The van der Waals surface area contributed by atoms with Crippen LogP contribution in [-0.2, 0) is 11.3 Å². The quantitative estimate of drug-likeness (QED) is 0.336. The van der Waals surface area contributed by atoms with Gasteiger partial charge in [0.2, 0.25) is 0 Å². The van der Waals surface area contributed by atoms with E-state index in [2.05, 4.69) is 44.2 Å². The molecule has 0 unspecified atom stereocenters. The third kappa shape index (κ3) is 6.42. The van der Waals surface area contributed by atoms with E-state index in [0.29, 0.717) is 28.9 Å². The van der Waals surface area contributed by atoms with E-state index in [1.54, 1.807) is 42.6 Å². The molecule has 2 aromatic carbocycles. The first kappa shape index (κ1) is 27.4. The number of Topliss-reactive ketones (excluding diaryl/α,β-unsaturated/α-hetero) is 1. The highest BCUT2D eigenvalue weighted by Gasteiger charge is 2.38. The van der Waals surface area contributed by atoms with E-state index in [1.807, 2.05) is 0 Å². The predicted octanol–water partition coefficient (Wildman–Crippen LogP) is 6.08. The van der Waals surface area contributed by atoms with E-state index >= 15 is 0 Å². The van der Waals surface area contributed by atoms with Crippen molar-refractivity contribution < 1.29 is 19.4 Å². The number of aliphatic carboxylic acids is 1. The summed E-state index contributed by atoms with van der Waals surface area (Å²) in [5, 5.41) is 26.8. The molecule has 4 rings (SSSR count). The number of rotatable bonds is 8. The number of aromatic nitrogens is 2. The number of nitrogens with zero attached hydrogens (tertiary/aromatic N) is 3. The Bertz CT molecular complexity index is 1400. The van der Waals surface area contributed by atoms with Crippen molar-refractivity contribution in [2.24, 2.45) is 5.92 Å². The monoisotopic (exact) mass is 534 g/mol. The molecule has 0 bridgehead atoms. The molecule has 0 atom stereocenters. The van der Waals surface area contributed by atoms with E-state index in [0.717, 1.165) is 12.8 Å². The van der Waals surface area contributed by atoms with E-state index < -0.39 is 5.97 Å². The number of nitriles is 1. The number of carboxylic acid groups (broad SMARTS) is 1. The fraction of sp³-hybridized carbons (Fsp3) is 0.379. The molecule has 2 heterocycles. The van der Waals surface area contributed by atoms with Gasteiger partial charge < -0.3 is 15.2 Å². The fourth-order valence-corrected chi connectivity index (χ4v) is 5.85. The van der Waals surface area contributed by atoms with Crippen LogP contribution in [0.5, 0.6) is 11.5 Å². The lowest BCUT2D eigenvalue weighted by molar-refractivity contribution is -0.137. The number of piperidine rings is 1. The number of carbonyl (C=O) groups excluding carboxylic acids is 1. The number of benzene rings is 2. The number of ketones is 1. The minimum atomic E-state index is -1.02. The number of halogens is 1. The van der Waals surface area contributed by atoms with Gasteiger partial charge in [0.05, 0.1) is 11.2 Å². The summed E-state index contributed by atoms with van der Waals surface area (Å²) in [6.45, 7) is 8.38. The number of nitrogens with one attached hydrogen (secondary N) is 1. The zero-order chi connectivity index (χ0) is 27.7. The van der Waals surface area contributed by atoms with Crippen molar-refractivity contribution in [2.75, 3.05) is 0 Å². The predicted molar refractivity (Wildman–Crippen MR) is 145 cm³/mol. The molecule has 0 saturated carbocycles. The summed E-state index contributed by atoms with van der Waals surface area (Å²) in [7, 11) is 0. The second-order valence-electron chi connectivity index (χ2n) is 11.2. The fourth-order valence-electron chi connectivity index (χ4n) is 5.63. The maximum absolute atomic E-state index is 13.1. The van der Waals surface area contributed by atoms with Crippen molar-refractivity contribution in [1.29, 1.82) is 5.26 Å². The number of carboxylic acids is 1. The largest absolute Gasteiger partial charge is 0.480 e. The van der Waals surface area contributed by atoms with Crippen molar-refractivity contribution >= 4 is 23.4 Å². The van der Waals surface area contributed by atoms with Crippen LogP contribution in [0.15, 0.2) is 48.8 Å². The van der Waals surface area contributed by atoms with Crippen LogP contribution in [0.2, 0.25) is 5.02 Å². The Morgan fingerprint density at radius 1 is 1.18 bits per heavy atom. The maximum Gasteiger partial charge on any atom is 0.325 e. The first-order valence-corrected chi connectivity index (χ1v) is 12.8. The summed E-state index contributed by atoms with van der Waals surface area (Å²) in [6.07, 6.45) is 5.34. The summed E-state index contributed by atoms with van der Waals surface area (Å²) < 4.78 is 7.29. The average Bonchev–Trinajstić information content (AvgIpc) is 3.25. The van der Waals surface area contributed by atoms with Crippen molar-refractivity contribution in [3.05, 3.63) is 64.9 Å². The molecule has 1 fully saturated rings. The standard InChI is InChI=1S/C29H31ClN4O4/c1-28(2)12-18(13-29(3,4)33-28)10-24(35)19-8-9-26(23(30)11-19)38-25-7-5-6-21(22(25)14-31)20-15-32-34(16-20)17-27(36)37/h5-9,11,15-16,18,33H,10,12-13,17H2,1-4H3,(H,36,37). The Morgan fingerprint density at radius 2 is 1.89 bits per heavy atom. The van der Waals surface area contributed by atoms with Gasteiger partial charge in [-0.05, 0) is 70.7 Å². The summed E-state index contributed by atoms with van der Waals surface area (Å²) in [5.41, 5.74) is 1.85. The third-order valence-electron chi connectivity index (χ3n) is 6.60. The Morgan fingerprint density at radius 3 is 2.53 bits per heavy atom. The molecule has 0 amide bonds. The van der Waals surface area contributed by atoms with Gasteiger partial charge in [-0.25, -0.2) is 0 Å². The highest BCUT2D eigenvalue weighted by Crippen LogP contribution is 2.38. The van der Waals surface area contributed by atoms with Crippen LogP contribution >= 0.6 is 11.6 Å². The molecule has 0 aliphatic carbocycles. The van der Waals surface area contributed by atoms with Gasteiger partial charge in [-0.1, -0.05) is 23.7 Å². The molecule has 1 aromatic heterocycles. The molecule has 9 heteroatoms. The van der Waals surface area contributed by atoms with Gasteiger partial charge in [-0.2, -0.15) is 10.4 Å². The van der Waals surface area contributed by atoms with Crippen molar-refractivity contribution in [3.63, 3.8) is 0 Å². The van der Waals surface area contributed by atoms with Crippen LogP contribution in [0.3, 0.4) is 0 Å². The molecule has 1 saturated heterocycles. The highest BCUT2D eigenvalue weighted by atomic mass is 35.5. The Hall–Kier alpha value is -3.67. The van der Waals surface area contributed by atoms with E-state index in [4.69, 9.17) is 21.4 Å². The zero-order valence-electron chi connectivity index (χ0n) is 21.9. The molecule has 1 aliphatic heterocycles. The van der Waals surface area contributed by atoms with Gasteiger partial charge in [0.1, 0.15) is 29.7 Å². The maximum atomic E-state index is 13.1. The zero-order valence-corrected chi connectivity index (χ0v) is 22.7. The molecule has 3 aromatic rings. The van der Waals surface area contributed by atoms with Crippen LogP contribution in [0, 0.1) is 17.2 Å². The molecule has 1 aliphatic rings. The smallest absolute Gasteiger partial charge is 0.325 e. The molecule has 0 radical (unpaired) electrons. The second kappa shape index (κ2) is 10.6. The molecule has 2 N–H and O–H groups in total. The lowest BCUT2D eigenvalue weighted by Gasteiger charge is -2.46. The van der Waals surface area contributed by atoms with Crippen molar-refractivity contribution in [1.82, 2.24) is 15.1 Å². The highest BCUT2D eigenvalue weighted by molar-refractivity contribution is 6.32. The van der Waals surface area contributed by atoms with Crippen molar-refractivity contribution in [3.8, 4) is 28.7 Å². The van der Waals surface area contributed by atoms with Gasteiger partial charge in [0.15, 0.2) is 5.78 Å². The lowest BCUT2D eigenvalue weighted by Crippen LogP contribution is -2.57. The lowest BCUT2D eigenvalue weighted by atomic mass is 9.74. The number of hydrogen-bond donors (Lipinski definition) is 2. The normalized spacial score (nSPS) is 16.5. The van der Waals surface area contributed by atoms with Crippen LogP contribution < -0.4 is 10.1 Å². The molecule has 38 heavy (non-hydrogen) atoms. The van der Waals surface area contributed by atoms with Crippen LogP contribution in [0.25, 0.3) is 11.1 Å². The minimum absolute atomic E-state index is 0.0371. The molecular weight excluding hydrogens is 504 g/mol. The number of carbonyl (C=O) groups is 2. The number of ether oxygens (including phenoxy) is 1.